The molecule has 0 saturated heterocycles. The van der Waals surface area contributed by atoms with Gasteiger partial charge in [-0.2, -0.15) is 4.98 Å². The number of rotatable bonds is 7. The van der Waals surface area contributed by atoms with Crippen LogP contribution >= 0.6 is 0 Å². The number of hydrogen-bond donors (Lipinski definition) is 1. The van der Waals surface area contributed by atoms with Crippen LogP contribution in [0.2, 0.25) is 0 Å². The van der Waals surface area contributed by atoms with E-state index in [1.165, 1.54) is 0 Å². The van der Waals surface area contributed by atoms with Gasteiger partial charge in [0.05, 0.1) is 26.2 Å². The quantitative estimate of drug-likeness (QED) is 0.512. The highest BCUT2D eigenvalue weighted by Gasteiger charge is 2.15. The van der Waals surface area contributed by atoms with E-state index in [0.717, 1.165) is 11.1 Å². The Kier molecular flexibility index (Phi) is 5.38. The molecule has 0 aliphatic rings. The van der Waals surface area contributed by atoms with E-state index in [9.17, 15) is 4.79 Å². The summed E-state index contributed by atoms with van der Waals surface area (Å²) in [5.74, 6) is 1.92. The Morgan fingerprint density at radius 3 is 2.62 bits per heavy atom. The van der Waals surface area contributed by atoms with Crippen LogP contribution in [-0.2, 0) is 17.6 Å². The lowest BCUT2D eigenvalue weighted by Crippen LogP contribution is -2.16. The van der Waals surface area contributed by atoms with Gasteiger partial charge < -0.3 is 19.0 Å². The van der Waals surface area contributed by atoms with E-state index in [-0.39, 0.29) is 12.3 Å². The summed E-state index contributed by atoms with van der Waals surface area (Å²) in [6.07, 6.45) is 2.15. The first-order valence-electron chi connectivity index (χ1n) is 9.09. The molecule has 0 saturated carbocycles. The van der Waals surface area contributed by atoms with Gasteiger partial charge in [-0.05, 0) is 29.8 Å². The van der Waals surface area contributed by atoms with Crippen LogP contribution in [0.1, 0.15) is 17.0 Å². The summed E-state index contributed by atoms with van der Waals surface area (Å²) in [5.41, 5.74) is 2.39. The molecule has 4 aromatic rings. The predicted molar refractivity (Wildman–Crippen MR) is 107 cm³/mol. The highest BCUT2D eigenvalue weighted by molar-refractivity contribution is 5.93. The zero-order chi connectivity index (χ0) is 20.1. The third-order valence-electron chi connectivity index (χ3n) is 4.39. The number of nitrogens with one attached hydrogen (secondary N) is 1. The predicted octanol–water partition coefficient (Wildman–Crippen LogP) is 4.11. The Morgan fingerprint density at radius 1 is 1.03 bits per heavy atom. The average molecular weight is 389 g/mol. The molecule has 146 valence electrons. The van der Waals surface area contributed by atoms with E-state index in [2.05, 4.69) is 15.5 Å². The monoisotopic (exact) mass is 389 g/mol. The van der Waals surface area contributed by atoms with Crippen molar-refractivity contribution in [1.82, 2.24) is 10.1 Å². The fourth-order valence-corrected chi connectivity index (χ4v) is 3.01. The van der Waals surface area contributed by atoms with Crippen molar-refractivity contribution in [3.8, 4) is 17.3 Å². The molecule has 29 heavy (non-hydrogen) atoms. The SMILES string of the molecule is COc1ccccc1CC(=O)Nc1ccccc1Cc1nc(-c2ccco2)no1. The number of anilines is 1. The van der Waals surface area contributed by atoms with Crippen molar-refractivity contribution < 1.29 is 18.5 Å². The lowest BCUT2D eigenvalue weighted by molar-refractivity contribution is -0.115. The normalized spacial score (nSPS) is 10.7. The first kappa shape index (κ1) is 18.5. The number of para-hydroxylation sites is 2. The molecule has 0 radical (unpaired) electrons. The molecule has 2 heterocycles. The molecule has 1 amide bonds. The molecule has 2 aromatic carbocycles. The minimum absolute atomic E-state index is 0.135. The van der Waals surface area contributed by atoms with Gasteiger partial charge in [-0.1, -0.05) is 41.6 Å². The zero-order valence-electron chi connectivity index (χ0n) is 15.8. The van der Waals surface area contributed by atoms with Crippen LogP contribution in [0.3, 0.4) is 0 Å². The number of ether oxygens (including phenoxy) is 1. The lowest BCUT2D eigenvalue weighted by Gasteiger charge is -2.11. The number of amides is 1. The Bertz CT molecular complexity index is 1100. The van der Waals surface area contributed by atoms with Crippen molar-refractivity contribution in [2.45, 2.75) is 12.8 Å². The molecule has 4 rings (SSSR count). The molecule has 7 nitrogen and oxygen atoms in total. The minimum Gasteiger partial charge on any atom is -0.496 e. The van der Waals surface area contributed by atoms with Crippen LogP contribution in [0.5, 0.6) is 5.75 Å². The topological polar surface area (TPSA) is 90.4 Å². The molecular formula is C22H19N3O4. The van der Waals surface area contributed by atoms with E-state index in [1.54, 1.807) is 25.5 Å². The third-order valence-corrected chi connectivity index (χ3v) is 4.39. The lowest BCUT2D eigenvalue weighted by atomic mass is 10.1. The summed E-state index contributed by atoms with van der Waals surface area (Å²) in [5, 5.41) is 6.90. The molecule has 0 spiro atoms. The fourth-order valence-electron chi connectivity index (χ4n) is 3.01. The van der Waals surface area contributed by atoms with Crippen LogP contribution in [0, 0.1) is 0 Å². The van der Waals surface area contributed by atoms with E-state index in [0.29, 0.717) is 35.3 Å². The fraction of sp³-hybridized carbons (Fsp3) is 0.136. The van der Waals surface area contributed by atoms with Gasteiger partial charge in [0, 0.05) is 11.3 Å². The van der Waals surface area contributed by atoms with Crippen molar-refractivity contribution in [2.75, 3.05) is 12.4 Å². The van der Waals surface area contributed by atoms with Crippen LogP contribution in [-0.4, -0.2) is 23.2 Å². The standard InChI is InChI=1S/C22H19N3O4/c1-27-18-10-5-3-8-16(18)13-20(26)23-17-9-4-2-7-15(17)14-21-24-22(25-29-21)19-11-6-12-28-19/h2-12H,13-14H2,1H3,(H,23,26). The second-order valence-electron chi connectivity index (χ2n) is 6.36. The first-order chi connectivity index (χ1) is 14.2. The summed E-state index contributed by atoms with van der Waals surface area (Å²) in [6, 6.07) is 18.5. The summed E-state index contributed by atoms with van der Waals surface area (Å²) in [7, 11) is 1.59. The number of benzene rings is 2. The second kappa shape index (κ2) is 8.43. The average Bonchev–Trinajstić information content (AvgIpc) is 3.42. The number of hydrogen-bond acceptors (Lipinski definition) is 6. The minimum atomic E-state index is -0.135. The first-order valence-corrected chi connectivity index (χ1v) is 9.09. The number of nitrogens with zero attached hydrogens (tertiary/aromatic N) is 2. The number of carbonyl (C=O) groups is 1. The molecule has 0 atom stereocenters. The summed E-state index contributed by atoms with van der Waals surface area (Å²) >= 11 is 0. The molecule has 7 heteroatoms. The Labute approximate surface area is 167 Å². The summed E-state index contributed by atoms with van der Waals surface area (Å²) in [4.78, 5) is 16.9. The van der Waals surface area contributed by atoms with E-state index < -0.39 is 0 Å². The van der Waals surface area contributed by atoms with Crippen LogP contribution < -0.4 is 10.1 Å². The molecule has 0 aliphatic carbocycles. The summed E-state index contributed by atoms with van der Waals surface area (Å²) in [6.45, 7) is 0. The Balaban J connectivity index is 1.48. The van der Waals surface area contributed by atoms with E-state index in [1.807, 2.05) is 48.5 Å². The van der Waals surface area contributed by atoms with E-state index >= 15 is 0 Å². The molecule has 0 unspecified atom stereocenters. The maximum atomic E-state index is 12.6. The molecule has 1 N–H and O–H groups in total. The molecule has 0 fully saturated rings. The van der Waals surface area contributed by atoms with Gasteiger partial charge in [-0.15, -0.1) is 0 Å². The van der Waals surface area contributed by atoms with Crippen LogP contribution in [0.4, 0.5) is 5.69 Å². The Morgan fingerprint density at radius 2 is 1.83 bits per heavy atom. The number of aromatic nitrogens is 2. The van der Waals surface area contributed by atoms with Crippen molar-refractivity contribution in [1.29, 1.82) is 0 Å². The van der Waals surface area contributed by atoms with Gasteiger partial charge >= 0.3 is 0 Å². The van der Waals surface area contributed by atoms with Gasteiger partial charge in [0.1, 0.15) is 5.75 Å². The molecule has 2 aromatic heterocycles. The smallest absolute Gasteiger partial charge is 0.238 e. The summed E-state index contributed by atoms with van der Waals surface area (Å²) < 4.78 is 15.9. The molecule has 0 bridgehead atoms. The van der Waals surface area contributed by atoms with Gasteiger partial charge in [-0.25, -0.2) is 0 Å². The molecular weight excluding hydrogens is 370 g/mol. The highest BCUT2D eigenvalue weighted by atomic mass is 16.5. The van der Waals surface area contributed by atoms with Crippen molar-refractivity contribution in [3.63, 3.8) is 0 Å². The van der Waals surface area contributed by atoms with Crippen molar-refractivity contribution in [2.24, 2.45) is 0 Å². The Hall–Kier alpha value is -3.87. The zero-order valence-corrected chi connectivity index (χ0v) is 15.8. The van der Waals surface area contributed by atoms with Gasteiger partial charge in [-0.3, -0.25) is 4.79 Å². The maximum absolute atomic E-state index is 12.6. The van der Waals surface area contributed by atoms with Crippen LogP contribution in [0.15, 0.2) is 75.9 Å². The third kappa shape index (κ3) is 4.35. The number of methoxy groups -OCH3 is 1. The maximum Gasteiger partial charge on any atom is 0.238 e. The van der Waals surface area contributed by atoms with Crippen LogP contribution in [0.25, 0.3) is 11.6 Å². The van der Waals surface area contributed by atoms with Crippen molar-refractivity contribution in [3.05, 3.63) is 83.9 Å². The van der Waals surface area contributed by atoms with E-state index in [4.69, 9.17) is 13.7 Å². The second-order valence-corrected chi connectivity index (χ2v) is 6.36. The van der Waals surface area contributed by atoms with Crippen molar-refractivity contribution >= 4 is 11.6 Å². The van der Waals surface area contributed by atoms with Gasteiger partial charge in [0.2, 0.25) is 17.6 Å². The van der Waals surface area contributed by atoms with Gasteiger partial charge in [0.25, 0.3) is 0 Å². The van der Waals surface area contributed by atoms with Gasteiger partial charge in [0.15, 0.2) is 5.76 Å². The highest BCUT2D eigenvalue weighted by Crippen LogP contribution is 2.22. The number of furan rings is 1. The largest absolute Gasteiger partial charge is 0.496 e. The number of carbonyl (C=O) groups excluding carboxylic acids is 1. The molecule has 0 aliphatic heterocycles.